The zero-order valence-electron chi connectivity index (χ0n) is 7.21. The van der Waals surface area contributed by atoms with E-state index in [9.17, 15) is 5.11 Å². The van der Waals surface area contributed by atoms with Crippen molar-refractivity contribution in [3.8, 4) is 5.75 Å². The topological polar surface area (TPSA) is 65.4 Å². The first-order chi connectivity index (χ1) is 6.20. The third-order valence-corrected chi connectivity index (χ3v) is 1.98. The molecule has 5 heteroatoms. The molecule has 72 valence electrons. The molecule has 0 aliphatic carbocycles. The SMILES string of the molecule is Cc1ncc(CO)c(CNCl)c1O. The summed E-state index contributed by atoms with van der Waals surface area (Å²) < 4.78 is 0. The van der Waals surface area contributed by atoms with Crippen LogP contribution in [0.4, 0.5) is 0 Å². The van der Waals surface area contributed by atoms with Crippen molar-refractivity contribution in [2.75, 3.05) is 0 Å². The van der Waals surface area contributed by atoms with E-state index in [0.29, 0.717) is 23.4 Å². The smallest absolute Gasteiger partial charge is 0.141 e. The number of hydrogen-bond donors (Lipinski definition) is 3. The predicted octanol–water partition coefficient (Wildman–Crippen LogP) is 0.831. The number of aromatic hydroxyl groups is 1. The van der Waals surface area contributed by atoms with Crippen molar-refractivity contribution in [2.24, 2.45) is 0 Å². The summed E-state index contributed by atoms with van der Waals surface area (Å²) in [6.45, 7) is 1.83. The first-order valence-corrected chi connectivity index (χ1v) is 4.19. The molecule has 0 aliphatic rings. The van der Waals surface area contributed by atoms with Gasteiger partial charge in [0.15, 0.2) is 0 Å². The largest absolute Gasteiger partial charge is 0.506 e. The van der Waals surface area contributed by atoms with Gasteiger partial charge in [-0.05, 0) is 18.7 Å². The first kappa shape index (κ1) is 10.2. The number of aromatic nitrogens is 1. The number of aliphatic hydroxyl groups excluding tert-OH is 1. The lowest BCUT2D eigenvalue weighted by Gasteiger charge is -2.09. The highest BCUT2D eigenvalue weighted by molar-refractivity contribution is 6.13. The normalized spacial score (nSPS) is 10.4. The van der Waals surface area contributed by atoms with E-state index in [1.807, 2.05) is 0 Å². The highest BCUT2D eigenvalue weighted by Gasteiger charge is 2.09. The molecule has 0 unspecified atom stereocenters. The third kappa shape index (κ3) is 2.09. The highest BCUT2D eigenvalue weighted by atomic mass is 35.5. The molecule has 0 atom stereocenters. The number of nitrogens with one attached hydrogen (secondary N) is 1. The molecule has 0 fully saturated rings. The molecule has 0 bridgehead atoms. The molecule has 0 aromatic carbocycles. The fourth-order valence-corrected chi connectivity index (χ4v) is 1.22. The molecule has 0 aliphatic heterocycles. The molecule has 4 nitrogen and oxygen atoms in total. The minimum atomic E-state index is -0.158. The lowest BCUT2D eigenvalue weighted by atomic mass is 10.1. The van der Waals surface area contributed by atoms with Gasteiger partial charge in [-0.3, -0.25) is 4.98 Å². The number of halogens is 1. The molecular formula is C8H11ClN2O2. The molecule has 0 amide bonds. The first-order valence-electron chi connectivity index (χ1n) is 3.81. The van der Waals surface area contributed by atoms with Crippen molar-refractivity contribution in [3.05, 3.63) is 23.0 Å². The zero-order valence-corrected chi connectivity index (χ0v) is 7.97. The van der Waals surface area contributed by atoms with Gasteiger partial charge in [0, 0.05) is 23.9 Å². The molecule has 3 N–H and O–H groups in total. The lowest BCUT2D eigenvalue weighted by Crippen LogP contribution is -2.05. The molecule has 0 spiro atoms. The van der Waals surface area contributed by atoms with Crippen LogP contribution in [0.5, 0.6) is 5.75 Å². The van der Waals surface area contributed by atoms with Gasteiger partial charge in [0.25, 0.3) is 0 Å². The number of pyridine rings is 1. The summed E-state index contributed by atoms with van der Waals surface area (Å²) >= 11 is 5.33. The molecule has 0 saturated heterocycles. The van der Waals surface area contributed by atoms with Crippen molar-refractivity contribution < 1.29 is 10.2 Å². The van der Waals surface area contributed by atoms with Gasteiger partial charge in [0.1, 0.15) is 5.75 Å². The zero-order chi connectivity index (χ0) is 9.84. The Morgan fingerprint density at radius 3 is 2.85 bits per heavy atom. The van der Waals surface area contributed by atoms with Crippen molar-refractivity contribution in [3.63, 3.8) is 0 Å². The fourth-order valence-electron chi connectivity index (χ4n) is 1.08. The van der Waals surface area contributed by atoms with Crippen LogP contribution in [0.3, 0.4) is 0 Å². The summed E-state index contributed by atoms with van der Waals surface area (Å²) in [4.78, 5) is 6.31. The number of aliphatic hydroxyl groups is 1. The summed E-state index contributed by atoms with van der Waals surface area (Å²) in [5.74, 6) is 0.0831. The fraction of sp³-hybridized carbons (Fsp3) is 0.375. The molecule has 1 aromatic rings. The van der Waals surface area contributed by atoms with E-state index in [-0.39, 0.29) is 12.4 Å². The van der Waals surface area contributed by atoms with E-state index in [1.54, 1.807) is 6.92 Å². The Morgan fingerprint density at radius 1 is 1.62 bits per heavy atom. The maximum absolute atomic E-state index is 9.57. The molecule has 0 saturated carbocycles. The van der Waals surface area contributed by atoms with E-state index in [4.69, 9.17) is 16.9 Å². The maximum atomic E-state index is 9.57. The second-order valence-corrected chi connectivity index (χ2v) is 2.93. The van der Waals surface area contributed by atoms with Gasteiger partial charge in [-0.2, -0.15) is 0 Å². The molecular weight excluding hydrogens is 192 g/mol. The Labute approximate surface area is 81.3 Å². The van der Waals surface area contributed by atoms with Gasteiger partial charge < -0.3 is 10.2 Å². The average molecular weight is 203 g/mol. The number of aryl methyl sites for hydroxylation is 1. The van der Waals surface area contributed by atoms with Gasteiger partial charge in [0.2, 0.25) is 0 Å². The van der Waals surface area contributed by atoms with Crippen molar-refractivity contribution in [1.29, 1.82) is 0 Å². The quantitative estimate of drug-likeness (QED) is 0.636. The van der Waals surface area contributed by atoms with E-state index < -0.39 is 0 Å². The molecule has 1 aromatic heterocycles. The van der Waals surface area contributed by atoms with Gasteiger partial charge >= 0.3 is 0 Å². The van der Waals surface area contributed by atoms with Crippen LogP contribution >= 0.6 is 11.8 Å². The van der Waals surface area contributed by atoms with Crippen LogP contribution in [0, 0.1) is 6.92 Å². The van der Waals surface area contributed by atoms with Crippen molar-refractivity contribution in [1.82, 2.24) is 9.82 Å². The summed E-state index contributed by atoms with van der Waals surface area (Å²) in [7, 11) is 0. The van der Waals surface area contributed by atoms with Crippen LogP contribution in [-0.2, 0) is 13.2 Å². The second kappa shape index (κ2) is 4.41. The summed E-state index contributed by atoms with van der Waals surface area (Å²) in [5.41, 5.74) is 1.69. The summed E-state index contributed by atoms with van der Waals surface area (Å²) in [6.07, 6.45) is 1.53. The standard InChI is InChI=1S/C8H11ClN2O2/c1-5-8(13)7(3-11-9)6(4-12)2-10-5/h2,11-13H,3-4H2,1H3. The summed E-state index contributed by atoms with van der Waals surface area (Å²) in [6, 6.07) is 0. The molecule has 1 heterocycles. The van der Waals surface area contributed by atoms with Crippen LogP contribution in [-0.4, -0.2) is 15.2 Å². The van der Waals surface area contributed by atoms with Crippen molar-refractivity contribution in [2.45, 2.75) is 20.1 Å². The molecule has 13 heavy (non-hydrogen) atoms. The third-order valence-electron chi connectivity index (χ3n) is 1.84. The number of hydrogen-bond acceptors (Lipinski definition) is 4. The van der Waals surface area contributed by atoms with E-state index in [1.165, 1.54) is 6.20 Å². The molecule has 1 rings (SSSR count). The average Bonchev–Trinajstić information content (AvgIpc) is 2.14. The van der Waals surface area contributed by atoms with Gasteiger partial charge in [-0.15, -0.1) is 0 Å². The van der Waals surface area contributed by atoms with Gasteiger partial charge in [0.05, 0.1) is 12.3 Å². The van der Waals surface area contributed by atoms with Crippen LogP contribution in [0.2, 0.25) is 0 Å². The second-order valence-electron chi connectivity index (χ2n) is 2.66. The predicted molar refractivity (Wildman–Crippen MR) is 49.3 cm³/mol. The minimum absolute atomic E-state index is 0.0831. The van der Waals surface area contributed by atoms with E-state index in [2.05, 4.69) is 9.82 Å². The van der Waals surface area contributed by atoms with Crippen LogP contribution in [0.15, 0.2) is 6.20 Å². The van der Waals surface area contributed by atoms with Crippen LogP contribution in [0.1, 0.15) is 16.8 Å². The minimum Gasteiger partial charge on any atom is -0.506 e. The maximum Gasteiger partial charge on any atom is 0.141 e. The number of rotatable bonds is 3. The van der Waals surface area contributed by atoms with E-state index >= 15 is 0 Å². The van der Waals surface area contributed by atoms with Crippen LogP contribution in [0.25, 0.3) is 0 Å². The Morgan fingerprint density at radius 2 is 2.31 bits per heavy atom. The Hall–Kier alpha value is -0.840. The number of nitrogens with zero attached hydrogens (tertiary/aromatic N) is 1. The molecule has 0 radical (unpaired) electrons. The van der Waals surface area contributed by atoms with Crippen LogP contribution < -0.4 is 4.84 Å². The lowest BCUT2D eigenvalue weighted by molar-refractivity contribution is 0.279. The highest BCUT2D eigenvalue weighted by Crippen LogP contribution is 2.23. The Bertz CT molecular complexity index is 304. The summed E-state index contributed by atoms with van der Waals surface area (Å²) in [5, 5.41) is 18.5. The Balaban J connectivity index is 3.15. The van der Waals surface area contributed by atoms with Gasteiger partial charge in [-0.25, -0.2) is 4.84 Å². The van der Waals surface area contributed by atoms with E-state index in [0.717, 1.165) is 0 Å². The van der Waals surface area contributed by atoms with Crippen molar-refractivity contribution >= 4 is 11.8 Å². The Kier molecular flexibility index (Phi) is 3.48. The monoisotopic (exact) mass is 202 g/mol. The van der Waals surface area contributed by atoms with Gasteiger partial charge in [-0.1, -0.05) is 0 Å².